The molecule has 7 heteroatoms. The first-order valence-corrected chi connectivity index (χ1v) is 9.84. The molecule has 0 bridgehead atoms. The lowest BCUT2D eigenvalue weighted by molar-refractivity contribution is -0.123. The molecule has 0 radical (unpaired) electrons. The SMILES string of the molecule is CCNC(=O)COc1ccc(CN=C(N)Nc2ccc3c(c2)CCC3)cc1OC. The molecule has 0 saturated heterocycles. The minimum absolute atomic E-state index is 0.0562. The van der Waals surface area contributed by atoms with Gasteiger partial charge in [-0.2, -0.15) is 0 Å². The van der Waals surface area contributed by atoms with E-state index in [0.717, 1.165) is 24.1 Å². The quantitative estimate of drug-likeness (QED) is 0.471. The number of aryl methyl sites for hydroxylation is 2. The van der Waals surface area contributed by atoms with Gasteiger partial charge in [-0.1, -0.05) is 12.1 Å². The molecule has 0 saturated carbocycles. The summed E-state index contributed by atoms with van der Waals surface area (Å²) in [6.45, 7) is 2.77. The molecule has 0 aromatic heterocycles. The van der Waals surface area contributed by atoms with Crippen LogP contribution in [0.5, 0.6) is 11.5 Å². The van der Waals surface area contributed by atoms with Crippen molar-refractivity contribution in [3.8, 4) is 11.5 Å². The van der Waals surface area contributed by atoms with Gasteiger partial charge >= 0.3 is 0 Å². The normalized spacial score (nSPS) is 13.0. The Morgan fingerprint density at radius 3 is 2.76 bits per heavy atom. The lowest BCUT2D eigenvalue weighted by atomic mass is 10.1. The highest BCUT2D eigenvalue weighted by Crippen LogP contribution is 2.28. The fourth-order valence-corrected chi connectivity index (χ4v) is 3.33. The summed E-state index contributed by atoms with van der Waals surface area (Å²) in [5.41, 5.74) is 10.7. The second-order valence-electron chi connectivity index (χ2n) is 6.89. The van der Waals surface area contributed by atoms with E-state index in [1.807, 2.05) is 25.1 Å². The molecule has 1 aliphatic carbocycles. The second-order valence-corrected chi connectivity index (χ2v) is 6.89. The third-order valence-corrected chi connectivity index (χ3v) is 4.76. The van der Waals surface area contributed by atoms with E-state index in [2.05, 4.69) is 27.8 Å². The van der Waals surface area contributed by atoms with Gasteiger partial charge in [0.05, 0.1) is 13.7 Å². The lowest BCUT2D eigenvalue weighted by Crippen LogP contribution is -2.28. The number of nitrogens with zero attached hydrogens (tertiary/aromatic N) is 1. The van der Waals surface area contributed by atoms with E-state index in [9.17, 15) is 4.79 Å². The number of likely N-dealkylation sites (N-methyl/N-ethyl adjacent to an activating group) is 1. The maximum Gasteiger partial charge on any atom is 0.257 e. The summed E-state index contributed by atoms with van der Waals surface area (Å²) < 4.78 is 10.9. The minimum atomic E-state index is -0.173. The van der Waals surface area contributed by atoms with E-state index < -0.39 is 0 Å². The summed E-state index contributed by atoms with van der Waals surface area (Å²) >= 11 is 0. The molecule has 4 N–H and O–H groups in total. The van der Waals surface area contributed by atoms with Gasteiger partial charge in [-0.25, -0.2) is 4.99 Å². The van der Waals surface area contributed by atoms with Crippen LogP contribution in [0.15, 0.2) is 41.4 Å². The molecule has 3 rings (SSSR count). The van der Waals surface area contributed by atoms with Crippen molar-refractivity contribution in [1.82, 2.24) is 5.32 Å². The Labute approximate surface area is 171 Å². The molecular weight excluding hydrogens is 368 g/mol. The Hall–Kier alpha value is -3.22. The average Bonchev–Trinajstić information content (AvgIpc) is 3.19. The fraction of sp³-hybridized carbons (Fsp3) is 0.364. The maximum atomic E-state index is 11.6. The van der Waals surface area contributed by atoms with E-state index in [0.29, 0.717) is 30.5 Å². The van der Waals surface area contributed by atoms with Gasteiger partial charge in [0.25, 0.3) is 5.91 Å². The number of ether oxygens (including phenoxy) is 2. The number of anilines is 1. The minimum Gasteiger partial charge on any atom is -0.493 e. The smallest absolute Gasteiger partial charge is 0.257 e. The lowest BCUT2D eigenvalue weighted by Gasteiger charge is -2.12. The number of guanidine groups is 1. The molecule has 154 valence electrons. The first-order chi connectivity index (χ1) is 14.1. The molecule has 2 aromatic carbocycles. The van der Waals surface area contributed by atoms with Gasteiger partial charge < -0.3 is 25.8 Å². The number of methoxy groups -OCH3 is 1. The summed E-state index contributed by atoms with van der Waals surface area (Å²) in [7, 11) is 1.56. The zero-order chi connectivity index (χ0) is 20.6. The highest BCUT2D eigenvalue weighted by atomic mass is 16.5. The highest BCUT2D eigenvalue weighted by molar-refractivity contribution is 5.92. The number of rotatable bonds is 8. The van der Waals surface area contributed by atoms with E-state index in [4.69, 9.17) is 15.2 Å². The van der Waals surface area contributed by atoms with E-state index in [-0.39, 0.29) is 12.5 Å². The van der Waals surface area contributed by atoms with Crippen molar-refractivity contribution < 1.29 is 14.3 Å². The molecule has 0 spiro atoms. The van der Waals surface area contributed by atoms with Crippen LogP contribution in [0, 0.1) is 0 Å². The Morgan fingerprint density at radius 1 is 1.14 bits per heavy atom. The molecule has 0 atom stereocenters. The van der Waals surface area contributed by atoms with Crippen molar-refractivity contribution in [2.75, 3.05) is 25.6 Å². The van der Waals surface area contributed by atoms with Gasteiger partial charge in [0.2, 0.25) is 0 Å². The van der Waals surface area contributed by atoms with Crippen LogP contribution in [0.1, 0.15) is 30.0 Å². The fourth-order valence-electron chi connectivity index (χ4n) is 3.33. The number of hydrogen-bond acceptors (Lipinski definition) is 4. The molecule has 0 unspecified atom stereocenters. The van der Waals surface area contributed by atoms with Gasteiger partial charge in [0.1, 0.15) is 0 Å². The molecule has 1 aliphatic rings. The van der Waals surface area contributed by atoms with E-state index in [1.165, 1.54) is 17.5 Å². The van der Waals surface area contributed by atoms with Crippen LogP contribution in [0.4, 0.5) is 5.69 Å². The van der Waals surface area contributed by atoms with Crippen molar-refractivity contribution in [3.05, 3.63) is 53.1 Å². The maximum absolute atomic E-state index is 11.6. The van der Waals surface area contributed by atoms with Crippen LogP contribution < -0.4 is 25.8 Å². The van der Waals surface area contributed by atoms with Crippen LogP contribution >= 0.6 is 0 Å². The van der Waals surface area contributed by atoms with Crippen LogP contribution in [0.2, 0.25) is 0 Å². The largest absolute Gasteiger partial charge is 0.493 e. The van der Waals surface area contributed by atoms with Crippen molar-refractivity contribution in [3.63, 3.8) is 0 Å². The van der Waals surface area contributed by atoms with Gasteiger partial charge in [0.15, 0.2) is 24.1 Å². The molecule has 2 aromatic rings. The number of nitrogens with two attached hydrogens (primary N) is 1. The summed E-state index contributed by atoms with van der Waals surface area (Å²) in [5, 5.41) is 5.84. The van der Waals surface area contributed by atoms with Gasteiger partial charge in [0, 0.05) is 12.2 Å². The number of fused-ring (bicyclic) bond motifs is 1. The Balaban J connectivity index is 1.59. The second kappa shape index (κ2) is 9.82. The van der Waals surface area contributed by atoms with Crippen molar-refractivity contribution in [1.29, 1.82) is 0 Å². The zero-order valence-electron chi connectivity index (χ0n) is 17.0. The van der Waals surface area contributed by atoms with Crippen molar-refractivity contribution in [2.24, 2.45) is 10.7 Å². The molecule has 0 aliphatic heterocycles. The highest BCUT2D eigenvalue weighted by Gasteiger charge is 2.11. The van der Waals surface area contributed by atoms with Crippen molar-refractivity contribution in [2.45, 2.75) is 32.7 Å². The van der Waals surface area contributed by atoms with Gasteiger partial charge in [-0.3, -0.25) is 4.79 Å². The number of carbonyl (C=O) groups is 1. The molecule has 0 heterocycles. The molecule has 7 nitrogen and oxygen atoms in total. The number of hydrogen-bond donors (Lipinski definition) is 3. The third kappa shape index (κ3) is 5.63. The first-order valence-electron chi connectivity index (χ1n) is 9.84. The summed E-state index contributed by atoms with van der Waals surface area (Å²) in [5.74, 6) is 1.25. The van der Waals surface area contributed by atoms with Gasteiger partial charge in [-0.15, -0.1) is 0 Å². The monoisotopic (exact) mass is 396 g/mol. The van der Waals surface area contributed by atoms with Crippen LogP contribution in [-0.2, 0) is 24.2 Å². The summed E-state index contributed by atoms with van der Waals surface area (Å²) in [4.78, 5) is 16.0. The number of benzene rings is 2. The Morgan fingerprint density at radius 2 is 1.97 bits per heavy atom. The predicted molar refractivity (Wildman–Crippen MR) is 115 cm³/mol. The van der Waals surface area contributed by atoms with E-state index in [1.54, 1.807) is 13.2 Å². The third-order valence-electron chi connectivity index (χ3n) is 4.76. The van der Waals surface area contributed by atoms with Gasteiger partial charge in [-0.05, 0) is 67.1 Å². The molecule has 1 amide bonds. The number of aliphatic imine (C=N–C) groups is 1. The van der Waals surface area contributed by atoms with Crippen LogP contribution in [-0.4, -0.2) is 32.1 Å². The standard InChI is InChI=1S/C22H28N4O3/c1-3-24-21(27)14-29-19-10-7-15(11-20(19)28-2)13-25-22(23)26-18-9-8-16-5-4-6-17(16)12-18/h7-12H,3-6,13-14H2,1-2H3,(H,24,27)(H3,23,25,26). The molecular formula is C22H28N4O3. The number of nitrogens with one attached hydrogen (secondary N) is 2. The summed E-state index contributed by atoms with van der Waals surface area (Å²) in [6, 6.07) is 11.8. The van der Waals surface area contributed by atoms with E-state index >= 15 is 0 Å². The molecule has 29 heavy (non-hydrogen) atoms. The van der Waals surface area contributed by atoms with Crippen molar-refractivity contribution >= 4 is 17.6 Å². The molecule has 0 fully saturated rings. The Kier molecular flexibility index (Phi) is 6.94. The topological polar surface area (TPSA) is 98.0 Å². The average molecular weight is 396 g/mol. The Bertz CT molecular complexity index is 896. The number of amides is 1. The zero-order valence-corrected chi connectivity index (χ0v) is 17.0. The first kappa shape index (κ1) is 20.5. The predicted octanol–water partition coefficient (Wildman–Crippen LogP) is 2.63. The van der Waals surface area contributed by atoms with Crippen LogP contribution in [0.3, 0.4) is 0 Å². The summed E-state index contributed by atoms with van der Waals surface area (Å²) in [6.07, 6.45) is 3.49. The van der Waals surface area contributed by atoms with Crippen LogP contribution in [0.25, 0.3) is 0 Å². The number of carbonyl (C=O) groups excluding carboxylic acids is 1.